The molecule has 0 bridgehead atoms. The third-order valence-electron chi connectivity index (χ3n) is 2.40. The molecule has 0 saturated carbocycles. The first kappa shape index (κ1) is 97.3. The van der Waals surface area contributed by atoms with Crippen molar-refractivity contribution in [2.75, 3.05) is 0 Å². The molecule has 70 heavy (non-hydrogen) atoms. The quantitative estimate of drug-likeness (QED) is 0.0810. The fourth-order valence-electron chi connectivity index (χ4n) is 1.60. The monoisotopic (exact) mass is 1450 g/mol. The Balaban J connectivity index is -0.0000000918. The van der Waals surface area contributed by atoms with Crippen LogP contribution in [0.25, 0.3) is 0 Å². The van der Waals surface area contributed by atoms with E-state index in [-0.39, 0.29) is 69.3 Å². The Labute approximate surface area is 408 Å². The second-order valence-corrected chi connectivity index (χ2v) is 28.9. The van der Waals surface area contributed by atoms with Gasteiger partial charge in [-0.2, -0.15) is 0 Å². The van der Waals surface area contributed by atoms with Gasteiger partial charge in [0.2, 0.25) is 0 Å². The van der Waals surface area contributed by atoms with Crippen molar-refractivity contribution in [3.63, 3.8) is 0 Å². The molecular weight excluding hydrogens is 1450 g/mol. The van der Waals surface area contributed by atoms with E-state index in [1.165, 1.54) is 0 Å². The summed E-state index contributed by atoms with van der Waals surface area (Å²) in [6.07, 6.45) is 0. The molecule has 0 N–H and O–H groups in total. The smallest absolute Gasteiger partial charge is 0.790 e. The second-order valence-electron chi connectivity index (χ2n) is 7.69. The fourth-order valence-corrected chi connectivity index (χ4v) is 16.8. The summed E-state index contributed by atoms with van der Waals surface area (Å²) in [5, 5.41) is 0. The summed E-state index contributed by atoms with van der Waals surface area (Å²) in [5.41, 5.74) is 0. The van der Waals surface area contributed by atoms with E-state index in [2.05, 4.69) is 51.7 Å². The van der Waals surface area contributed by atoms with Gasteiger partial charge in [0.15, 0.2) is 0 Å². The van der Waals surface area contributed by atoms with Crippen LogP contribution >= 0.6 is 187 Å². The Kier molecular flexibility index (Phi) is 48.0. The zero-order valence-corrected chi connectivity index (χ0v) is 49.1. The Hall–Kier alpha value is 5.14. The van der Waals surface area contributed by atoms with Gasteiger partial charge in [0, 0.05) is 0 Å². The molecule has 0 fully saturated rings. The van der Waals surface area contributed by atoms with Gasteiger partial charge < -0.3 is 130 Å². The number of hydrogen-bond acceptors (Lipinski definition) is 48. The molecular formula is O48P22. The Morgan fingerprint density at radius 1 is 0.143 bits per heavy atom. The molecule has 0 aromatic carbocycles. The molecule has 0 aliphatic carbocycles. The fraction of sp³-hybridized carbons (Fsp3) is 0. The maximum Gasteiger partial charge on any atom is 3.00 e. The van der Waals surface area contributed by atoms with Gasteiger partial charge in [0.25, 0.3) is 70.4 Å². The van der Waals surface area contributed by atoms with Gasteiger partial charge in [0.05, 0.1) is 46.9 Å². The first-order valence-electron chi connectivity index (χ1n) is 11.0. The van der Waals surface area contributed by atoms with Gasteiger partial charge in [-0.25, -0.2) is 25.9 Å². The standard InChI is InChI=1S/3H7O16P5.7P/c3*1-17(2,3)13-19(7,8)15-21(11,12)16-20(9,10)14-18(4,5)6;;;;;;;/h3*(H,7,8)(H,9,10)(H,11,12)(H2,1,2,3)(H2,4,5,6);;;;;;;/q;;;7*+3/p-21. The number of phosphoric acid groups is 15. The van der Waals surface area contributed by atoms with Crippen LogP contribution in [0.3, 0.4) is 0 Å². The molecule has 0 aliphatic heterocycles. The van der Waals surface area contributed by atoms with Gasteiger partial charge in [-0.05, 0) is 0 Å². The van der Waals surface area contributed by atoms with Gasteiger partial charge in [-0.3, -0.25) is 66.9 Å². The van der Waals surface area contributed by atoms with Crippen LogP contribution < -0.4 is 103 Å². The number of rotatable bonds is 24. The van der Waals surface area contributed by atoms with Crippen molar-refractivity contribution < 1.29 is 223 Å². The molecule has 0 spiro atoms. The van der Waals surface area contributed by atoms with Crippen molar-refractivity contribution in [2.45, 2.75) is 0 Å². The van der Waals surface area contributed by atoms with E-state index in [0.717, 1.165) is 0 Å². The summed E-state index contributed by atoms with van der Waals surface area (Å²) in [4.78, 5) is 215. The minimum Gasteiger partial charge on any atom is -0.790 e. The van der Waals surface area contributed by atoms with Crippen LogP contribution in [0, 0.1) is 0 Å². The molecule has 70 heteroatoms. The predicted molar refractivity (Wildman–Crippen MR) is 176 cm³/mol. The summed E-state index contributed by atoms with van der Waals surface area (Å²) in [6, 6.07) is 0. The molecule has 0 aliphatic rings. The average Bonchev–Trinajstić information content (AvgIpc) is 2.68. The maximum absolute atomic E-state index is 10.7. The van der Waals surface area contributed by atoms with E-state index in [4.69, 9.17) is 0 Å². The van der Waals surface area contributed by atoms with Gasteiger partial charge >= 0.3 is 69.3 Å². The summed E-state index contributed by atoms with van der Waals surface area (Å²) >= 11 is 0. The molecule has 0 aromatic rings. The summed E-state index contributed by atoms with van der Waals surface area (Å²) in [6.45, 7) is 0. The molecule has 0 aromatic heterocycles. The molecule has 6 atom stereocenters. The van der Waals surface area contributed by atoms with Crippen LogP contribution in [0.15, 0.2) is 0 Å². The molecule has 0 heterocycles. The topological polar surface area (TPSA) is 851 Å². The third-order valence-corrected chi connectivity index (χ3v) is 21.6. The van der Waals surface area contributed by atoms with E-state index >= 15 is 0 Å². The van der Waals surface area contributed by atoms with Crippen LogP contribution in [0.4, 0.5) is 0 Å². The van der Waals surface area contributed by atoms with Crippen molar-refractivity contribution in [3.8, 4) is 0 Å². The zero-order valence-electron chi connectivity index (χ0n) is 29.4. The molecule has 0 amide bonds. The van der Waals surface area contributed by atoms with E-state index in [1.54, 1.807) is 0 Å². The minimum atomic E-state index is -6.56. The Bertz CT molecular complexity index is 1910. The minimum absolute atomic E-state index is 0. The summed E-state index contributed by atoms with van der Waals surface area (Å²) < 4.78 is 188. The first-order chi connectivity index (χ1) is 26.5. The van der Waals surface area contributed by atoms with Gasteiger partial charge in [-0.1, -0.05) is 0 Å². The van der Waals surface area contributed by atoms with Crippen molar-refractivity contribution in [1.29, 1.82) is 0 Å². The Morgan fingerprint density at radius 3 is 0.257 bits per heavy atom. The summed E-state index contributed by atoms with van der Waals surface area (Å²) in [7, 11) is -96.2. The first-order valence-corrected chi connectivity index (χ1v) is 32.9. The largest absolute Gasteiger partial charge is 3.00 e. The van der Waals surface area contributed by atoms with Crippen LogP contribution in [-0.2, 0) is 120 Å². The second kappa shape index (κ2) is 34.6. The molecule has 48 nitrogen and oxygen atoms in total. The average molecular weight is 1450 g/mol. The maximum atomic E-state index is 10.7. The van der Waals surface area contributed by atoms with Crippen LogP contribution in [0.2, 0.25) is 0 Å². The van der Waals surface area contributed by atoms with Crippen LogP contribution in [-0.4, -0.2) is 0 Å². The van der Waals surface area contributed by atoms with Gasteiger partial charge in [0.1, 0.15) is 0 Å². The van der Waals surface area contributed by atoms with Crippen LogP contribution in [0.1, 0.15) is 0 Å². The SMILES string of the molecule is O=P([O-])([O-])OP(=O)([O-])OP(=O)([O-])OP(=O)([O-])OP(=O)([O-])[O-].O=P([O-])([O-])OP(=O)([O-])OP(=O)([O-])OP(=O)([O-])OP(=O)([O-])[O-].O=P([O-])([O-])OP(=O)([O-])OP(=O)([O-])OP(=O)([O-])OP(=O)([O-])[O-].[P+3].[P+3].[P+3].[P+3].[P+3].[P+3].[P+3]. The van der Waals surface area contributed by atoms with Gasteiger partial charge in [-0.15, -0.1) is 0 Å². The normalized spacial score (nSPS) is 19.8. The predicted octanol–water partition coefficient (Wildman–Crippen LogP) is -8.63. The molecule has 6 unspecified atom stereocenters. The van der Waals surface area contributed by atoms with Crippen LogP contribution in [0.5, 0.6) is 0 Å². The van der Waals surface area contributed by atoms with Crippen molar-refractivity contribution in [2.24, 2.45) is 0 Å². The van der Waals surface area contributed by atoms with E-state index in [9.17, 15) is 171 Å². The molecule has 398 valence electrons. The van der Waals surface area contributed by atoms with E-state index < -0.39 is 117 Å². The zero-order chi connectivity index (χ0) is 52.0. The molecule has 0 rings (SSSR count). The Morgan fingerprint density at radius 2 is 0.200 bits per heavy atom. The van der Waals surface area contributed by atoms with Crippen molar-refractivity contribution >= 4 is 187 Å². The van der Waals surface area contributed by atoms with E-state index in [1.807, 2.05) is 0 Å². The van der Waals surface area contributed by atoms with Crippen molar-refractivity contribution in [3.05, 3.63) is 0 Å². The summed E-state index contributed by atoms with van der Waals surface area (Å²) in [5.74, 6) is 0. The van der Waals surface area contributed by atoms with E-state index in [0.29, 0.717) is 0 Å². The van der Waals surface area contributed by atoms with Crippen molar-refractivity contribution in [1.82, 2.24) is 0 Å². The molecule has 0 saturated heterocycles. The molecule has 14 radical (unpaired) electrons. The number of hydrogen-bond donors (Lipinski definition) is 0. The third kappa shape index (κ3) is 64.0.